The molecule has 0 spiro atoms. The van der Waals surface area contributed by atoms with Gasteiger partial charge in [-0.3, -0.25) is 4.79 Å². The fraction of sp³-hybridized carbons (Fsp3) is 0.571. The predicted octanol–water partition coefficient (Wildman–Crippen LogP) is 4.17. The molecule has 0 atom stereocenters. The molecule has 2 aromatic rings. The van der Waals surface area contributed by atoms with E-state index in [1.165, 1.54) is 38.2 Å². The van der Waals surface area contributed by atoms with Crippen LogP contribution >= 0.6 is 12.4 Å². The van der Waals surface area contributed by atoms with Crippen LogP contribution in [0.1, 0.15) is 42.5 Å². The van der Waals surface area contributed by atoms with Gasteiger partial charge in [-0.2, -0.15) is 0 Å². The van der Waals surface area contributed by atoms with Gasteiger partial charge in [-0.05, 0) is 31.9 Å². The smallest absolute Gasteiger partial charge is 0.256 e. The van der Waals surface area contributed by atoms with E-state index in [0.29, 0.717) is 17.0 Å². The molecule has 2 aliphatic rings. The van der Waals surface area contributed by atoms with Crippen LogP contribution in [0.4, 0.5) is 4.39 Å². The third kappa shape index (κ3) is 4.14. The van der Waals surface area contributed by atoms with Crippen LogP contribution in [0.25, 0.3) is 10.9 Å². The number of nitrogens with zero attached hydrogens (tertiary/aromatic N) is 3. The van der Waals surface area contributed by atoms with Crippen LogP contribution in [0.2, 0.25) is 0 Å². The van der Waals surface area contributed by atoms with E-state index in [0.717, 1.165) is 38.1 Å². The molecule has 0 bridgehead atoms. The number of rotatable bonds is 3. The number of fused-ring (bicyclic) bond motifs is 1. The summed E-state index contributed by atoms with van der Waals surface area (Å²) in [4.78, 5) is 17.2. The Morgan fingerprint density at radius 2 is 1.81 bits per heavy atom. The first-order chi connectivity index (χ1) is 12.6. The number of para-hydroxylation sites is 1. The van der Waals surface area contributed by atoms with Crippen molar-refractivity contribution in [2.24, 2.45) is 5.92 Å². The Morgan fingerprint density at radius 1 is 1.11 bits per heavy atom. The molecule has 27 heavy (non-hydrogen) atoms. The molecular weight excluding hydrogens is 365 g/mol. The number of piperazine rings is 1. The van der Waals surface area contributed by atoms with E-state index in [1.54, 1.807) is 6.07 Å². The number of benzene rings is 1. The molecule has 1 aromatic carbocycles. The summed E-state index contributed by atoms with van der Waals surface area (Å²) in [7, 11) is 2.08. The number of carbonyl (C=O) groups excluding carboxylic acids is 1. The molecule has 4 nitrogen and oxygen atoms in total. The quantitative estimate of drug-likeness (QED) is 0.782. The minimum Gasteiger partial charge on any atom is -0.344 e. The van der Waals surface area contributed by atoms with Crippen LogP contribution in [0.15, 0.2) is 24.4 Å². The fourth-order valence-corrected chi connectivity index (χ4v) is 4.46. The Kier molecular flexibility index (Phi) is 6.43. The Balaban J connectivity index is 0.00000210. The molecule has 0 N–H and O–H groups in total. The molecular formula is C21H29ClFN3O. The van der Waals surface area contributed by atoms with E-state index < -0.39 is 0 Å². The normalized spacial score (nSPS) is 19.3. The maximum Gasteiger partial charge on any atom is 0.256 e. The van der Waals surface area contributed by atoms with Crippen LogP contribution in [-0.2, 0) is 6.54 Å². The van der Waals surface area contributed by atoms with Crippen molar-refractivity contribution in [3.63, 3.8) is 0 Å². The second kappa shape index (κ2) is 8.61. The van der Waals surface area contributed by atoms with Gasteiger partial charge >= 0.3 is 0 Å². The highest BCUT2D eigenvalue weighted by molar-refractivity contribution is 6.07. The zero-order valence-corrected chi connectivity index (χ0v) is 16.8. The van der Waals surface area contributed by atoms with Gasteiger partial charge in [-0.15, -0.1) is 12.4 Å². The first-order valence-corrected chi connectivity index (χ1v) is 9.88. The van der Waals surface area contributed by atoms with Gasteiger partial charge < -0.3 is 14.4 Å². The Labute approximate surface area is 166 Å². The van der Waals surface area contributed by atoms with E-state index in [2.05, 4.69) is 11.9 Å². The summed E-state index contributed by atoms with van der Waals surface area (Å²) in [5.41, 5.74) is 1.25. The van der Waals surface area contributed by atoms with Gasteiger partial charge in [0.05, 0.1) is 11.1 Å². The molecule has 1 saturated heterocycles. The second-order valence-electron chi connectivity index (χ2n) is 7.93. The SMILES string of the molecule is CN1CCN(C(=O)c2cn(CC3CCCCC3)c3c(F)cccc23)CC1.Cl. The Bertz CT molecular complexity index is 792. The third-order valence-electron chi connectivity index (χ3n) is 6.05. The molecule has 148 valence electrons. The Hall–Kier alpha value is -1.59. The molecule has 0 unspecified atom stereocenters. The van der Waals surface area contributed by atoms with Crippen LogP contribution < -0.4 is 0 Å². The summed E-state index contributed by atoms with van der Waals surface area (Å²) in [6.07, 6.45) is 8.15. The average molecular weight is 394 g/mol. The predicted molar refractivity (Wildman–Crippen MR) is 109 cm³/mol. The van der Waals surface area contributed by atoms with Crippen molar-refractivity contribution in [2.45, 2.75) is 38.6 Å². The lowest BCUT2D eigenvalue weighted by Gasteiger charge is -2.32. The summed E-state index contributed by atoms with van der Waals surface area (Å²) in [6, 6.07) is 5.10. The van der Waals surface area contributed by atoms with E-state index in [4.69, 9.17) is 0 Å². The first-order valence-electron chi connectivity index (χ1n) is 9.88. The van der Waals surface area contributed by atoms with Crippen molar-refractivity contribution >= 4 is 29.2 Å². The summed E-state index contributed by atoms with van der Waals surface area (Å²) in [5.74, 6) is 0.400. The van der Waals surface area contributed by atoms with E-state index >= 15 is 0 Å². The summed E-state index contributed by atoms with van der Waals surface area (Å²) >= 11 is 0. The number of amides is 1. The van der Waals surface area contributed by atoms with Crippen molar-refractivity contribution in [3.8, 4) is 0 Å². The van der Waals surface area contributed by atoms with E-state index in [-0.39, 0.29) is 24.1 Å². The highest BCUT2D eigenvalue weighted by atomic mass is 35.5. The van der Waals surface area contributed by atoms with Gasteiger partial charge in [0.1, 0.15) is 5.82 Å². The number of aromatic nitrogens is 1. The second-order valence-corrected chi connectivity index (χ2v) is 7.93. The standard InChI is InChI=1S/C21H28FN3O.ClH/c1-23-10-12-24(13-11-23)21(26)18-15-25(14-16-6-3-2-4-7-16)20-17(18)8-5-9-19(20)22;/h5,8-9,15-16H,2-4,6-7,10-14H2,1H3;1H. The van der Waals surface area contributed by atoms with Crippen LogP contribution in [0.5, 0.6) is 0 Å². The van der Waals surface area contributed by atoms with Gasteiger partial charge in [-0.1, -0.05) is 31.4 Å². The van der Waals surface area contributed by atoms with Gasteiger partial charge in [0, 0.05) is 44.3 Å². The van der Waals surface area contributed by atoms with Gasteiger partial charge in [0.15, 0.2) is 0 Å². The summed E-state index contributed by atoms with van der Waals surface area (Å²) in [5, 5.41) is 0.754. The lowest BCUT2D eigenvalue weighted by Crippen LogP contribution is -2.47. The molecule has 2 fully saturated rings. The molecule has 1 aromatic heterocycles. The lowest BCUT2D eigenvalue weighted by molar-refractivity contribution is 0.0666. The zero-order chi connectivity index (χ0) is 18.1. The molecule has 6 heteroatoms. The maximum atomic E-state index is 14.6. The van der Waals surface area contributed by atoms with Gasteiger partial charge in [0.2, 0.25) is 0 Å². The molecule has 2 heterocycles. The highest BCUT2D eigenvalue weighted by Gasteiger charge is 2.25. The van der Waals surface area contributed by atoms with Crippen LogP contribution in [-0.4, -0.2) is 53.5 Å². The molecule has 1 saturated carbocycles. The zero-order valence-electron chi connectivity index (χ0n) is 16.0. The molecule has 1 aliphatic heterocycles. The minimum atomic E-state index is -0.226. The highest BCUT2D eigenvalue weighted by Crippen LogP contribution is 2.30. The number of hydrogen-bond donors (Lipinski definition) is 0. The molecule has 1 aliphatic carbocycles. The van der Waals surface area contributed by atoms with Gasteiger partial charge in [0.25, 0.3) is 5.91 Å². The summed E-state index contributed by atoms with van der Waals surface area (Å²) < 4.78 is 16.6. The number of halogens is 2. The van der Waals surface area contributed by atoms with Crippen LogP contribution in [0, 0.1) is 11.7 Å². The first kappa shape index (κ1) is 20.2. The monoisotopic (exact) mass is 393 g/mol. The number of hydrogen-bond acceptors (Lipinski definition) is 2. The molecule has 0 radical (unpaired) electrons. The minimum absolute atomic E-state index is 0. The summed E-state index contributed by atoms with van der Waals surface area (Å²) in [6.45, 7) is 4.06. The van der Waals surface area contributed by atoms with Crippen molar-refractivity contribution in [2.75, 3.05) is 33.2 Å². The van der Waals surface area contributed by atoms with Gasteiger partial charge in [-0.25, -0.2) is 4.39 Å². The van der Waals surface area contributed by atoms with Crippen molar-refractivity contribution in [1.82, 2.24) is 14.4 Å². The number of carbonyl (C=O) groups is 1. The maximum absolute atomic E-state index is 14.6. The molecule has 1 amide bonds. The number of likely N-dealkylation sites (N-methyl/N-ethyl adjacent to an activating group) is 1. The van der Waals surface area contributed by atoms with Crippen molar-refractivity contribution < 1.29 is 9.18 Å². The average Bonchev–Trinajstić information content (AvgIpc) is 3.02. The van der Waals surface area contributed by atoms with E-state index in [9.17, 15) is 9.18 Å². The van der Waals surface area contributed by atoms with Crippen LogP contribution in [0.3, 0.4) is 0 Å². The van der Waals surface area contributed by atoms with Crippen molar-refractivity contribution in [1.29, 1.82) is 0 Å². The van der Waals surface area contributed by atoms with Crippen molar-refractivity contribution in [3.05, 3.63) is 35.8 Å². The molecule has 4 rings (SSSR count). The Morgan fingerprint density at radius 3 is 2.52 bits per heavy atom. The largest absolute Gasteiger partial charge is 0.344 e. The van der Waals surface area contributed by atoms with E-state index in [1.807, 2.05) is 21.7 Å². The third-order valence-corrected chi connectivity index (χ3v) is 6.05. The lowest BCUT2D eigenvalue weighted by atomic mass is 9.89. The topological polar surface area (TPSA) is 28.5 Å². The fourth-order valence-electron chi connectivity index (χ4n) is 4.46.